The van der Waals surface area contributed by atoms with Crippen molar-refractivity contribution in [2.45, 2.75) is 51.5 Å². The largest absolute Gasteiger partial charge is 0.487 e. The Morgan fingerprint density at radius 3 is 2.83 bits per heavy atom. The van der Waals surface area contributed by atoms with Gasteiger partial charge in [0.2, 0.25) is 0 Å². The molecule has 2 aromatic heterocycles. The number of aromatic nitrogens is 3. The summed E-state index contributed by atoms with van der Waals surface area (Å²) in [6, 6.07) is 13.6. The summed E-state index contributed by atoms with van der Waals surface area (Å²) in [5.41, 5.74) is 2.78. The molecule has 6 heteroatoms. The van der Waals surface area contributed by atoms with Gasteiger partial charge >= 0.3 is 0 Å². The van der Waals surface area contributed by atoms with Gasteiger partial charge < -0.3 is 14.6 Å². The number of ether oxygens (including phenoxy) is 2. The third-order valence-electron chi connectivity index (χ3n) is 5.14. The van der Waals surface area contributed by atoms with Crippen LogP contribution in [0.1, 0.15) is 50.5 Å². The Bertz CT molecular complexity index is 939. The van der Waals surface area contributed by atoms with Crippen LogP contribution in [0.4, 0.5) is 0 Å². The van der Waals surface area contributed by atoms with Gasteiger partial charge in [0.25, 0.3) is 0 Å². The molecule has 0 bridgehead atoms. The van der Waals surface area contributed by atoms with Crippen LogP contribution in [0, 0.1) is 0 Å². The molecule has 1 aromatic carbocycles. The highest BCUT2D eigenvalue weighted by molar-refractivity contribution is 5.54. The molecule has 1 aliphatic rings. The highest BCUT2D eigenvalue weighted by Crippen LogP contribution is 2.28. The van der Waals surface area contributed by atoms with E-state index in [1.165, 1.54) is 0 Å². The lowest BCUT2D eigenvalue weighted by molar-refractivity contribution is -0.0384. The Morgan fingerprint density at radius 1 is 1.21 bits per heavy atom. The van der Waals surface area contributed by atoms with Gasteiger partial charge in [0.15, 0.2) is 6.23 Å². The molecule has 1 atom stereocenters. The molecular formula is C23H27N3O3. The summed E-state index contributed by atoms with van der Waals surface area (Å²) in [6.45, 7) is 4.75. The number of aliphatic hydroxyl groups is 1. The van der Waals surface area contributed by atoms with Crippen LogP contribution in [0.5, 0.6) is 5.75 Å². The smallest absolute Gasteiger partial charge is 0.150 e. The predicted octanol–water partition coefficient (Wildman–Crippen LogP) is 4.45. The lowest BCUT2D eigenvalue weighted by Gasteiger charge is -2.24. The highest BCUT2D eigenvalue weighted by atomic mass is 16.5. The van der Waals surface area contributed by atoms with Gasteiger partial charge in [0.05, 0.1) is 23.2 Å². The van der Waals surface area contributed by atoms with Crippen LogP contribution >= 0.6 is 0 Å². The Balaban J connectivity index is 1.44. The summed E-state index contributed by atoms with van der Waals surface area (Å²) in [4.78, 5) is 4.56. The standard InChI is InChI=1S/C23H27N3O3/c1-23(2,27)18-7-5-6-17(14-18)16-29-19-9-10-20(24-15-19)21-11-12-25-26(21)22-8-3-4-13-28-22/h5-7,9-12,14-15,22,27H,3-4,8,13,16H2,1-2H3. The maximum atomic E-state index is 10.2. The molecule has 3 aromatic rings. The normalized spacial score (nSPS) is 17.3. The molecule has 0 aliphatic carbocycles. The van der Waals surface area contributed by atoms with Crippen molar-refractivity contribution in [3.8, 4) is 17.1 Å². The van der Waals surface area contributed by atoms with Crippen molar-refractivity contribution in [2.24, 2.45) is 0 Å². The molecule has 4 rings (SSSR count). The van der Waals surface area contributed by atoms with E-state index in [4.69, 9.17) is 9.47 Å². The summed E-state index contributed by atoms with van der Waals surface area (Å²) < 4.78 is 13.7. The van der Waals surface area contributed by atoms with E-state index in [9.17, 15) is 5.11 Å². The zero-order valence-electron chi connectivity index (χ0n) is 16.9. The first kappa shape index (κ1) is 19.6. The van der Waals surface area contributed by atoms with Crippen LogP contribution in [0.25, 0.3) is 11.4 Å². The van der Waals surface area contributed by atoms with Gasteiger partial charge in [-0.15, -0.1) is 0 Å². The van der Waals surface area contributed by atoms with Crippen LogP contribution in [-0.2, 0) is 16.9 Å². The van der Waals surface area contributed by atoms with E-state index in [1.807, 2.05) is 47.1 Å². The zero-order valence-corrected chi connectivity index (χ0v) is 16.9. The van der Waals surface area contributed by atoms with Crippen LogP contribution in [0.2, 0.25) is 0 Å². The minimum Gasteiger partial charge on any atom is -0.487 e. The first-order valence-corrected chi connectivity index (χ1v) is 10.1. The van der Waals surface area contributed by atoms with E-state index in [0.717, 1.165) is 48.4 Å². The monoisotopic (exact) mass is 393 g/mol. The minimum atomic E-state index is -0.871. The fourth-order valence-electron chi connectivity index (χ4n) is 3.49. The van der Waals surface area contributed by atoms with E-state index in [0.29, 0.717) is 12.4 Å². The molecule has 152 valence electrons. The van der Waals surface area contributed by atoms with Crippen molar-refractivity contribution in [1.29, 1.82) is 0 Å². The third-order valence-corrected chi connectivity index (χ3v) is 5.14. The molecule has 3 heterocycles. The van der Waals surface area contributed by atoms with Gasteiger partial charge in [-0.2, -0.15) is 5.10 Å². The number of benzene rings is 1. The van der Waals surface area contributed by atoms with E-state index >= 15 is 0 Å². The molecule has 0 spiro atoms. The number of rotatable bonds is 6. The molecule has 6 nitrogen and oxygen atoms in total. The van der Waals surface area contributed by atoms with Crippen molar-refractivity contribution in [2.75, 3.05) is 6.61 Å². The first-order valence-electron chi connectivity index (χ1n) is 10.1. The van der Waals surface area contributed by atoms with Gasteiger partial charge in [0.1, 0.15) is 12.4 Å². The lowest BCUT2D eigenvalue weighted by Crippen LogP contribution is -2.20. The van der Waals surface area contributed by atoms with Crippen LogP contribution < -0.4 is 4.74 Å². The predicted molar refractivity (Wildman–Crippen MR) is 110 cm³/mol. The van der Waals surface area contributed by atoms with Crippen molar-refractivity contribution in [3.63, 3.8) is 0 Å². The number of nitrogens with zero attached hydrogens (tertiary/aromatic N) is 3. The van der Waals surface area contributed by atoms with Gasteiger partial charge in [-0.3, -0.25) is 4.98 Å². The van der Waals surface area contributed by atoms with Gasteiger partial charge in [-0.1, -0.05) is 18.2 Å². The van der Waals surface area contributed by atoms with Crippen LogP contribution in [0.3, 0.4) is 0 Å². The minimum absolute atomic E-state index is 0.0190. The summed E-state index contributed by atoms with van der Waals surface area (Å²) >= 11 is 0. The molecule has 1 unspecified atom stereocenters. The molecule has 0 saturated carbocycles. The molecule has 1 aliphatic heterocycles. The summed E-state index contributed by atoms with van der Waals surface area (Å²) in [5.74, 6) is 0.697. The second kappa shape index (κ2) is 8.35. The average molecular weight is 393 g/mol. The van der Waals surface area contributed by atoms with Gasteiger partial charge in [0, 0.05) is 12.8 Å². The molecule has 1 saturated heterocycles. The third kappa shape index (κ3) is 4.66. The molecular weight excluding hydrogens is 366 g/mol. The average Bonchev–Trinajstić information content (AvgIpc) is 3.23. The number of hydrogen-bond acceptors (Lipinski definition) is 5. The quantitative estimate of drug-likeness (QED) is 0.670. The van der Waals surface area contributed by atoms with E-state index < -0.39 is 5.60 Å². The Morgan fingerprint density at radius 2 is 2.10 bits per heavy atom. The molecule has 1 N–H and O–H groups in total. The second-order valence-electron chi connectivity index (χ2n) is 7.91. The van der Waals surface area contributed by atoms with Crippen LogP contribution in [0.15, 0.2) is 54.9 Å². The summed E-state index contributed by atoms with van der Waals surface area (Å²) in [6.07, 6.45) is 6.73. The van der Waals surface area contributed by atoms with E-state index in [2.05, 4.69) is 10.1 Å². The highest BCUT2D eigenvalue weighted by Gasteiger charge is 2.20. The topological polar surface area (TPSA) is 69.4 Å². The van der Waals surface area contributed by atoms with Crippen molar-refractivity contribution >= 4 is 0 Å². The van der Waals surface area contributed by atoms with Gasteiger partial charge in [-0.25, -0.2) is 4.68 Å². The molecule has 0 radical (unpaired) electrons. The maximum absolute atomic E-state index is 10.2. The van der Waals surface area contributed by atoms with E-state index in [1.54, 1.807) is 26.2 Å². The SMILES string of the molecule is CC(C)(O)c1cccc(COc2ccc(-c3ccnn3C3CCCCO3)nc2)c1. The molecule has 0 amide bonds. The Labute approximate surface area is 171 Å². The van der Waals surface area contributed by atoms with Crippen molar-refractivity contribution in [1.82, 2.24) is 14.8 Å². The zero-order chi connectivity index (χ0) is 20.3. The lowest BCUT2D eigenvalue weighted by atomic mass is 9.97. The number of hydrogen-bond donors (Lipinski definition) is 1. The Hall–Kier alpha value is -2.70. The van der Waals surface area contributed by atoms with Crippen molar-refractivity contribution < 1.29 is 14.6 Å². The fraction of sp³-hybridized carbons (Fsp3) is 0.391. The summed E-state index contributed by atoms with van der Waals surface area (Å²) in [5, 5.41) is 14.6. The summed E-state index contributed by atoms with van der Waals surface area (Å²) in [7, 11) is 0. The molecule has 1 fully saturated rings. The van der Waals surface area contributed by atoms with Gasteiger partial charge in [-0.05, 0) is 68.5 Å². The van der Waals surface area contributed by atoms with Crippen molar-refractivity contribution in [3.05, 3.63) is 66.0 Å². The Kier molecular flexibility index (Phi) is 5.65. The maximum Gasteiger partial charge on any atom is 0.150 e. The fourth-order valence-corrected chi connectivity index (χ4v) is 3.49. The number of pyridine rings is 1. The first-order chi connectivity index (χ1) is 14.0. The molecule has 29 heavy (non-hydrogen) atoms. The second-order valence-corrected chi connectivity index (χ2v) is 7.91. The van der Waals surface area contributed by atoms with Crippen LogP contribution in [-0.4, -0.2) is 26.5 Å². The van der Waals surface area contributed by atoms with E-state index in [-0.39, 0.29) is 6.23 Å².